The topological polar surface area (TPSA) is 26.0 Å². The summed E-state index contributed by atoms with van der Waals surface area (Å²) in [5, 5.41) is 0. The number of nitrogens with two attached hydrogens (primary N) is 1. The lowest BCUT2D eigenvalue weighted by Crippen LogP contribution is -2.25. The Bertz CT molecular complexity index is 240. The summed E-state index contributed by atoms with van der Waals surface area (Å²) >= 11 is 0. The molecule has 0 aromatic heterocycles. The number of hydrogen-bond acceptors (Lipinski definition) is 1. The lowest BCUT2D eigenvalue weighted by Gasteiger charge is -2.13. The highest BCUT2D eigenvalue weighted by atomic mass is 14.8. The SMILES string of the molecule is CCCCCCCCCCC(N)C1C(C)(C)C1(C)C. The highest BCUT2D eigenvalue weighted by molar-refractivity contribution is 5.15. The molecule has 0 aromatic rings. The Kier molecular flexibility index (Phi) is 6.36. The Hall–Kier alpha value is -0.0400. The van der Waals surface area contributed by atoms with Gasteiger partial charge in [-0.25, -0.2) is 0 Å². The molecular formula is C18H37N. The van der Waals surface area contributed by atoms with Gasteiger partial charge in [-0.15, -0.1) is 0 Å². The Labute approximate surface area is 121 Å². The van der Waals surface area contributed by atoms with Crippen LogP contribution in [0.2, 0.25) is 0 Å². The van der Waals surface area contributed by atoms with Crippen molar-refractivity contribution in [2.75, 3.05) is 0 Å². The monoisotopic (exact) mass is 267 g/mol. The molecule has 0 heterocycles. The van der Waals surface area contributed by atoms with Gasteiger partial charge in [-0.05, 0) is 23.2 Å². The van der Waals surface area contributed by atoms with Crippen LogP contribution in [0.15, 0.2) is 0 Å². The first kappa shape index (κ1) is 17.0. The molecule has 0 aliphatic heterocycles. The van der Waals surface area contributed by atoms with Crippen molar-refractivity contribution in [2.24, 2.45) is 22.5 Å². The summed E-state index contributed by atoms with van der Waals surface area (Å²) in [7, 11) is 0. The smallest absolute Gasteiger partial charge is 0.00777 e. The first-order valence-electron chi connectivity index (χ1n) is 8.61. The average molecular weight is 268 g/mol. The van der Waals surface area contributed by atoms with E-state index in [2.05, 4.69) is 34.6 Å². The second-order valence-corrected chi connectivity index (χ2v) is 7.85. The van der Waals surface area contributed by atoms with E-state index in [4.69, 9.17) is 5.73 Å². The van der Waals surface area contributed by atoms with Crippen molar-refractivity contribution in [3.05, 3.63) is 0 Å². The van der Waals surface area contributed by atoms with Crippen LogP contribution in [0.5, 0.6) is 0 Å². The van der Waals surface area contributed by atoms with Crippen molar-refractivity contribution in [1.82, 2.24) is 0 Å². The van der Waals surface area contributed by atoms with E-state index in [1.165, 1.54) is 57.8 Å². The zero-order chi connectivity index (χ0) is 14.5. The standard InChI is InChI=1S/C18H37N/c1-6-7-8-9-10-11-12-13-14-15(19)16-17(2,3)18(16,4)5/h15-16H,6-14,19H2,1-5H3. The molecular weight excluding hydrogens is 230 g/mol. The third kappa shape index (κ3) is 4.21. The molecule has 1 aliphatic rings. The summed E-state index contributed by atoms with van der Waals surface area (Å²) < 4.78 is 0. The summed E-state index contributed by atoms with van der Waals surface area (Å²) in [6, 6.07) is 0.421. The van der Waals surface area contributed by atoms with Gasteiger partial charge in [0.25, 0.3) is 0 Å². The highest BCUT2D eigenvalue weighted by Gasteiger charge is 2.66. The van der Waals surface area contributed by atoms with Gasteiger partial charge >= 0.3 is 0 Å². The fourth-order valence-electron chi connectivity index (χ4n) is 4.00. The zero-order valence-electron chi connectivity index (χ0n) is 14.1. The van der Waals surface area contributed by atoms with Gasteiger partial charge in [-0.2, -0.15) is 0 Å². The molecule has 0 bridgehead atoms. The van der Waals surface area contributed by atoms with Crippen molar-refractivity contribution in [3.8, 4) is 0 Å². The minimum atomic E-state index is 0.421. The molecule has 0 spiro atoms. The minimum absolute atomic E-state index is 0.421. The van der Waals surface area contributed by atoms with Gasteiger partial charge in [0.1, 0.15) is 0 Å². The molecule has 2 N–H and O–H groups in total. The lowest BCUT2D eigenvalue weighted by molar-refractivity contribution is 0.435. The maximum absolute atomic E-state index is 6.41. The van der Waals surface area contributed by atoms with Gasteiger partial charge in [0, 0.05) is 6.04 Å². The molecule has 1 heteroatoms. The van der Waals surface area contributed by atoms with E-state index in [1.54, 1.807) is 0 Å². The van der Waals surface area contributed by atoms with Crippen LogP contribution in [0.25, 0.3) is 0 Å². The molecule has 1 atom stereocenters. The van der Waals surface area contributed by atoms with Crippen LogP contribution in [-0.4, -0.2) is 6.04 Å². The highest BCUT2D eigenvalue weighted by Crippen LogP contribution is 2.69. The fourth-order valence-corrected chi connectivity index (χ4v) is 4.00. The fraction of sp³-hybridized carbons (Fsp3) is 1.00. The molecule has 0 aromatic carbocycles. The maximum Gasteiger partial charge on any atom is 0.00777 e. The van der Waals surface area contributed by atoms with Crippen LogP contribution in [-0.2, 0) is 0 Å². The Balaban J connectivity index is 2.02. The molecule has 1 saturated carbocycles. The number of rotatable bonds is 10. The average Bonchev–Trinajstić information content (AvgIpc) is 2.73. The molecule has 1 unspecified atom stereocenters. The van der Waals surface area contributed by atoms with E-state index in [0.717, 1.165) is 5.92 Å². The van der Waals surface area contributed by atoms with E-state index in [1.807, 2.05) is 0 Å². The predicted molar refractivity (Wildman–Crippen MR) is 86.3 cm³/mol. The molecule has 1 rings (SSSR count). The summed E-state index contributed by atoms with van der Waals surface area (Å²) in [6.07, 6.45) is 12.4. The minimum Gasteiger partial charge on any atom is -0.327 e. The third-order valence-electron chi connectivity index (χ3n) is 5.95. The van der Waals surface area contributed by atoms with Gasteiger partial charge in [0.05, 0.1) is 0 Å². The van der Waals surface area contributed by atoms with Crippen LogP contribution in [0.4, 0.5) is 0 Å². The first-order valence-corrected chi connectivity index (χ1v) is 8.61. The Morgan fingerprint density at radius 2 is 1.21 bits per heavy atom. The van der Waals surface area contributed by atoms with E-state index < -0.39 is 0 Å². The second-order valence-electron chi connectivity index (χ2n) is 7.85. The van der Waals surface area contributed by atoms with Crippen molar-refractivity contribution >= 4 is 0 Å². The zero-order valence-corrected chi connectivity index (χ0v) is 14.1. The number of unbranched alkanes of at least 4 members (excludes halogenated alkanes) is 7. The molecule has 1 fully saturated rings. The third-order valence-corrected chi connectivity index (χ3v) is 5.95. The van der Waals surface area contributed by atoms with Crippen molar-refractivity contribution in [3.63, 3.8) is 0 Å². The van der Waals surface area contributed by atoms with Gasteiger partial charge in [-0.1, -0.05) is 86.0 Å². The summed E-state index contributed by atoms with van der Waals surface area (Å²) in [5.74, 6) is 0.726. The van der Waals surface area contributed by atoms with Gasteiger partial charge < -0.3 is 5.73 Å². The normalized spacial score (nSPS) is 22.4. The molecule has 0 amide bonds. The molecule has 0 radical (unpaired) electrons. The van der Waals surface area contributed by atoms with E-state index >= 15 is 0 Å². The van der Waals surface area contributed by atoms with Gasteiger partial charge in [0.2, 0.25) is 0 Å². The van der Waals surface area contributed by atoms with Crippen molar-refractivity contribution in [1.29, 1.82) is 0 Å². The Morgan fingerprint density at radius 1 is 0.789 bits per heavy atom. The largest absolute Gasteiger partial charge is 0.327 e. The summed E-state index contributed by atoms with van der Waals surface area (Å²) in [5.41, 5.74) is 7.31. The van der Waals surface area contributed by atoms with Crippen molar-refractivity contribution in [2.45, 2.75) is 98.4 Å². The molecule has 1 aliphatic carbocycles. The Morgan fingerprint density at radius 3 is 1.63 bits per heavy atom. The lowest BCUT2D eigenvalue weighted by atomic mass is 9.98. The van der Waals surface area contributed by atoms with E-state index in [0.29, 0.717) is 16.9 Å². The molecule has 19 heavy (non-hydrogen) atoms. The van der Waals surface area contributed by atoms with Crippen LogP contribution in [0.3, 0.4) is 0 Å². The van der Waals surface area contributed by atoms with E-state index in [9.17, 15) is 0 Å². The first-order chi connectivity index (χ1) is 8.85. The van der Waals surface area contributed by atoms with Gasteiger partial charge in [0.15, 0.2) is 0 Å². The van der Waals surface area contributed by atoms with Gasteiger partial charge in [-0.3, -0.25) is 0 Å². The van der Waals surface area contributed by atoms with E-state index in [-0.39, 0.29) is 0 Å². The predicted octanol–water partition coefficient (Wildman–Crippen LogP) is 5.53. The van der Waals surface area contributed by atoms with Crippen molar-refractivity contribution < 1.29 is 0 Å². The maximum atomic E-state index is 6.41. The molecule has 114 valence electrons. The van der Waals surface area contributed by atoms with Crippen LogP contribution in [0.1, 0.15) is 92.4 Å². The van der Waals surface area contributed by atoms with Crippen LogP contribution in [0, 0.1) is 16.7 Å². The summed E-state index contributed by atoms with van der Waals surface area (Å²) in [4.78, 5) is 0. The number of hydrogen-bond donors (Lipinski definition) is 1. The molecule has 0 saturated heterocycles. The molecule has 1 nitrogen and oxygen atoms in total. The second kappa shape index (κ2) is 7.11. The quantitative estimate of drug-likeness (QED) is 0.518. The van der Waals surface area contributed by atoms with Crippen LogP contribution < -0.4 is 5.73 Å². The summed E-state index contributed by atoms with van der Waals surface area (Å²) in [6.45, 7) is 11.8. The van der Waals surface area contributed by atoms with Crippen LogP contribution >= 0.6 is 0 Å².